The van der Waals surface area contributed by atoms with Gasteiger partial charge in [-0.05, 0) is 42.2 Å². The molecule has 0 unspecified atom stereocenters. The first-order valence-corrected chi connectivity index (χ1v) is 11.8. The van der Waals surface area contributed by atoms with Crippen molar-refractivity contribution in [2.24, 2.45) is 0 Å². The van der Waals surface area contributed by atoms with Gasteiger partial charge in [0.25, 0.3) is 5.91 Å². The number of nitrogens with zero attached hydrogens (tertiary/aromatic N) is 2. The molecule has 2 amide bonds. The molecule has 0 aliphatic carbocycles. The summed E-state index contributed by atoms with van der Waals surface area (Å²) >= 11 is 0. The van der Waals surface area contributed by atoms with Crippen LogP contribution < -0.4 is 16.0 Å². The zero-order valence-electron chi connectivity index (χ0n) is 21.4. The Labute approximate surface area is 220 Å². The van der Waals surface area contributed by atoms with E-state index in [9.17, 15) is 19.2 Å². The van der Waals surface area contributed by atoms with Crippen molar-refractivity contribution in [1.82, 2.24) is 20.6 Å². The summed E-state index contributed by atoms with van der Waals surface area (Å²) in [7, 11) is 1.32. The lowest BCUT2D eigenvalue weighted by molar-refractivity contribution is -0.115. The normalized spacial score (nSPS) is 10.9. The topological polar surface area (TPSA) is 139 Å². The average molecular weight is 516 g/mol. The molecule has 3 aromatic rings. The molecule has 0 fully saturated rings. The van der Waals surface area contributed by atoms with Crippen LogP contribution in [0.5, 0.6) is 0 Å². The van der Waals surface area contributed by atoms with Crippen LogP contribution in [0.3, 0.4) is 0 Å². The summed E-state index contributed by atoms with van der Waals surface area (Å²) in [5, 5.41) is 8.49. The molecule has 0 saturated carbocycles. The van der Waals surface area contributed by atoms with Crippen molar-refractivity contribution in [3.05, 3.63) is 100 Å². The number of hydrogen-bond acceptors (Lipinski definition) is 8. The molecule has 0 radical (unpaired) electrons. The maximum absolute atomic E-state index is 12.6. The lowest BCUT2D eigenvalue weighted by Crippen LogP contribution is -2.24. The van der Waals surface area contributed by atoms with Crippen molar-refractivity contribution < 1.29 is 23.9 Å². The fraction of sp³-hybridized carbons (Fsp3) is 0.214. The van der Waals surface area contributed by atoms with E-state index < -0.39 is 11.9 Å². The number of aromatic nitrogens is 2. The van der Waals surface area contributed by atoms with Crippen molar-refractivity contribution >= 4 is 29.9 Å². The maximum Gasteiger partial charge on any atom is 0.338 e. The molecule has 10 heteroatoms. The van der Waals surface area contributed by atoms with Gasteiger partial charge in [0.15, 0.2) is 6.29 Å². The molecule has 0 spiro atoms. The molecule has 0 saturated heterocycles. The van der Waals surface area contributed by atoms with Crippen molar-refractivity contribution in [2.75, 3.05) is 12.4 Å². The Morgan fingerprint density at radius 1 is 0.947 bits per heavy atom. The number of amides is 2. The van der Waals surface area contributed by atoms with E-state index in [-0.39, 0.29) is 30.4 Å². The minimum atomic E-state index is -0.436. The molecule has 0 aliphatic rings. The summed E-state index contributed by atoms with van der Waals surface area (Å²) in [5.41, 5.74) is 4.30. The lowest BCUT2D eigenvalue weighted by atomic mass is 10.1. The fourth-order valence-electron chi connectivity index (χ4n) is 3.64. The molecule has 2 aromatic carbocycles. The first-order chi connectivity index (χ1) is 18.3. The van der Waals surface area contributed by atoms with Gasteiger partial charge in [-0.1, -0.05) is 42.5 Å². The SMILES string of the molecule is C/C=C(/C=O)NCc1cccc(CC(=O)Nc2cc(C(=O)NCc3ccc(C(=O)OC)c(C)c3)ncn2)c1. The summed E-state index contributed by atoms with van der Waals surface area (Å²) in [6.07, 6.45) is 3.74. The van der Waals surface area contributed by atoms with Gasteiger partial charge in [-0.3, -0.25) is 14.4 Å². The summed E-state index contributed by atoms with van der Waals surface area (Å²) in [4.78, 5) is 55.9. The maximum atomic E-state index is 12.6. The number of methoxy groups -OCH3 is 1. The van der Waals surface area contributed by atoms with E-state index in [0.717, 1.165) is 28.5 Å². The number of carbonyl (C=O) groups excluding carboxylic acids is 4. The van der Waals surface area contributed by atoms with E-state index in [4.69, 9.17) is 4.74 Å². The van der Waals surface area contributed by atoms with Crippen molar-refractivity contribution in [3.63, 3.8) is 0 Å². The molecule has 38 heavy (non-hydrogen) atoms. The molecule has 0 aliphatic heterocycles. The highest BCUT2D eigenvalue weighted by Gasteiger charge is 2.13. The number of aryl methyl sites for hydroxylation is 1. The predicted molar refractivity (Wildman–Crippen MR) is 141 cm³/mol. The number of rotatable bonds is 11. The molecule has 196 valence electrons. The second kappa shape index (κ2) is 13.4. The van der Waals surface area contributed by atoms with Crippen LogP contribution in [0.2, 0.25) is 0 Å². The van der Waals surface area contributed by atoms with Crippen LogP contribution in [0.1, 0.15) is 50.0 Å². The molecule has 1 aromatic heterocycles. The zero-order valence-corrected chi connectivity index (χ0v) is 21.4. The number of aldehydes is 1. The van der Waals surface area contributed by atoms with Gasteiger partial charge in [-0.25, -0.2) is 14.8 Å². The predicted octanol–water partition coefficient (Wildman–Crippen LogP) is 2.88. The van der Waals surface area contributed by atoms with Gasteiger partial charge in [-0.15, -0.1) is 0 Å². The first-order valence-electron chi connectivity index (χ1n) is 11.8. The van der Waals surface area contributed by atoms with Crippen LogP contribution in [-0.2, 0) is 33.8 Å². The minimum absolute atomic E-state index is 0.0984. The van der Waals surface area contributed by atoms with Gasteiger partial charge in [0.2, 0.25) is 5.91 Å². The Morgan fingerprint density at radius 2 is 1.68 bits per heavy atom. The standard InChI is InChI=1S/C28H29N5O5/c1-4-22(16-34)29-14-20-7-5-6-19(11-20)12-26(35)33-25-13-24(31-17-32-25)27(36)30-15-21-8-9-23(18(2)10-21)28(37)38-3/h4-11,13,16-17,29H,12,14-15H2,1-3H3,(H,30,36)(H,31,32,33,35)/b22-4-. The molecule has 0 atom stereocenters. The van der Waals surface area contributed by atoms with Crippen molar-refractivity contribution in [3.8, 4) is 0 Å². The highest BCUT2D eigenvalue weighted by molar-refractivity contribution is 5.95. The van der Waals surface area contributed by atoms with Gasteiger partial charge in [0, 0.05) is 19.2 Å². The number of ether oxygens (including phenoxy) is 1. The van der Waals surface area contributed by atoms with E-state index in [1.807, 2.05) is 24.3 Å². The highest BCUT2D eigenvalue weighted by atomic mass is 16.5. The van der Waals surface area contributed by atoms with Crippen LogP contribution in [0, 0.1) is 6.92 Å². The summed E-state index contributed by atoms with van der Waals surface area (Å²) in [6, 6.07) is 14.0. The largest absolute Gasteiger partial charge is 0.465 e. The zero-order chi connectivity index (χ0) is 27.5. The Hall–Kier alpha value is -4.86. The number of allylic oxidation sites excluding steroid dienone is 2. The summed E-state index contributed by atoms with van der Waals surface area (Å²) in [6.45, 7) is 4.23. The first kappa shape index (κ1) is 27.7. The van der Waals surface area contributed by atoms with E-state index in [1.54, 1.807) is 38.1 Å². The second-order valence-electron chi connectivity index (χ2n) is 8.37. The Morgan fingerprint density at radius 3 is 2.39 bits per heavy atom. The number of carbonyl (C=O) groups is 4. The van der Waals surface area contributed by atoms with E-state index >= 15 is 0 Å². The number of hydrogen-bond donors (Lipinski definition) is 3. The van der Waals surface area contributed by atoms with E-state index in [0.29, 0.717) is 17.8 Å². The van der Waals surface area contributed by atoms with Gasteiger partial charge < -0.3 is 20.7 Å². The molecule has 10 nitrogen and oxygen atoms in total. The third-order valence-corrected chi connectivity index (χ3v) is 5.61. The third kappa shape index (κ3) is 7.82. The summed E-state index contributed by atoms with van der Waals surface area (Å²) in [5.74, 6) is -0.956. The van der Waals surface area contributed by atoms with Crippen molar-refractivity contribution in [1.29, 1.82) is 0 Å². The molecule has 0 bridgehead atoms. The average Bonchev–Trinajstić information content (AvgIpc) is 2.92. The Balaban J connectivity index is 1.56. The van der Waals surface area contributed by atoms with Crippen LogP contribution in [0.15, 0.2) is 66.6 Å². The number of nitrogens with one attached hydrogen (secondary N) is 3. The van der Waals surface area contributed by atoms with Crippen LogP contribution >= 0.6 is 0 Å². The van der Waals surface area contributed by atoms with Crippen molar-refractivity contribution in [2.45, 2.75) is 33.4 Å². The van der Waals surface area contributed by atoms with E-state index in [2.05, 4.69) is 25.9 Å². The second-order valence-corrected chi connectivity index (χ2v) is 8.37. The number of esters is 1. The number of anilines is 1. The third-order valence-electron chi connectivity index (χ3n) is 5.61. The quantitative estimate of drug-likeness (QED) is 0.201. The molecular weight excluding hydrogens is 486 g/mol. The molecule has 1 heterocycles. The van der Waals surface area contributed by atoms with Crippen LogP contribution in [-0.4, -0.2) is 41.1 Å². The molecular formula is C28H29N5O5. The fourth-order valence-corrected chi connectivity index (χ4v) is 3.64. The van der Waals surface area contributed by atoms with Crippen LogP contribution in [0.4, 0.5) is 5.82 Å². The Bertz CT molecular complexity index is 1370. The van der Waals surface area contributed by atoms with Gasteiger partial charge in [0.1, 0.15) is 17.8 Å². The molecule has 3 N–H and O–H groups in total. The van der Waals surface area contributed by atoms with Gasteiger partial charge >= 0.3 is 5.97 Å². The lowest BCUT2D eigenvalue weighted by Gasteiger charge is -2.10. The monoisotopic (exact) mass is 515 g/mol. The Kier molecular flexibility index (Phi) is 9.81. The minimum Gasteiger partial charge on any atom is -0.465 e. The van der Waals surface area contributed by atoms with Gasteiger partial charge in [0.05, 0.1) is 24.8 Å². The van der Waals surface area contributed by atoms with E-state index in [1.165, 1.54) is 19.5 Å². The smallest absolute Gasteiger partial charge is 0.338 e. The van der Waals surface area contributed by atoms with Crippen LogP contribution in [0.25, 0.3) is 0 Å². The summed E-state index contributed by atoms with van der Waals surface area (Å²) < 4.78 is 4.75. The number of benzene rings is 2. The van der Waals surface area contributed by atoms with Gasteiger partial charge in [-0.2, -0.15) is 0 Å². The molecule has 3 rings (SSSR count). The highest BCUT2D eigenvalue weighted by Crippen LogP contribution is 2.13.